The summed E-state index contributed by atoms with van der Waals surface area (Å²) in [6, 6.07) is 11.7. The first-order chi connectivity index (χ1) is 15.8. The molecule has 32 heavy (non-hydrogen) atoms. The highest BCUT2D eigenvalue weighted by Crippen LogP contribution is 2.21. The molecule has 5 rings (SSSR count). The van der Waals surface area contributed by atoms with Crippen molar-refractivity contribution >= 4 is 5.65 Å². The van der Waals surface area contributed by atoms with Gasteiger partial charge in [0.2, 0.25) is 5.88 Å². The van der Waals surface area contributed by atoms with Gasteiger partial charge < -0.3 is 14.8 Å². The van der Waals surface area contributed by atoms with E-state index in [4.69, 9.17) is 9.47 Å². The highest BCUT2D eigenvalue weighted by atomic mass is 16.5. The second-order valence-electron chi connectivity index (χ2n) is 7.89. The Labute approximate surface area is 185 Å². The van der Waals surface area contributed by atoms with E-state index in [-0.39, 0.29) is 0 Å². The molecule has 0 bridgehead atoms. The fraction of sp³-hybridized carbons (Fsp3) is 0.348. The fourth-order valence-electron chi connectivity index (χ4n) is 3.84. The normalized spacial score (nSPS) is 14.5. The fourth-order valence-corrected chi connectivity index (χ4v) is 3.84. The monoisotopic (exact) mass is 431 g/mol. The van der Waals surface area contributed by atoms with E-state index >= 15 is 0 Å². The van der Waals surface area contributed by atoms with Crippen molar-refractivity contribution in [3.8, 4) is 23.0 Å². The van der Waals surface area contributed by atoms with E-state index in [1.54, 1.807) is 30.1 Å². The number of methoxy groups -OCH3 is 1. The highest BCUT2D eigenvalue weighted by Gasteiger charge is 2.14. The van der Waals surface area contributed by atoms with Crippen LogP contribution in [-0.4, -0.2) is 56.6 Å². The predicted molar refractivity (Wildman–Crippen MR) is 119 cm³/mol. The van der Waals surface area contributed by atoms with Crippen LogP contribution in [-0.2, 0) is 6.42 Å². The molecule has 4 heterocycles. The lowest BCUT2D eigenvalue weighted by Gasteiger charge is -2.22. The lowest BCUT2D eigenvalue weighted by Crippen LogP contribution is -2.30. The summed E-state index contributed by atoms with van der Waals surface area (Å²) in [4.78, 5) is 9.03. The molecule has 0 aliphatic carbocycles. The Hall–Kier alpha value is -3.59. The molecule has 4 aromatic rings. The molecule has 0 spiro atoms. The Kier molecular flexibility index (Phi) is 5.89. The Morgan fingerprint density at radius 2 is 1.91 bits per heavy atom. The van der Waals surface area contributed by atoms with Crippen LogP contribution in [0.25, 0.3) is 17.0 Å². The molecule has 0 saturated carbocycles. The van der Waals surface area contributed by atoms with Crippen LogP contribution in [0.15, 0.2) is 48.8 Å². The Balaban J connectivity index is 1.28. The number of fused-ring (bicyclic) bond motifs is 1. The molecule has 1 aliphatic heterocycles. The van der Waals surface area contributed by atoms with Gasteiger partial charge in [0.15, 0.2) is 23.0 Å². The minimum Gasteiger partial charge on any atom is -0.490 e. The van der Waals surface area contributed by atoms with Crippen molar-refractivity contribution in [2.24, 2.45) is 5.92 Å². The zero-order valence-electron chi connectivity index (χ0n) is 17.9. The zero-order chi connectivity index (χ0) is 21.8. The predicted octanol–water partition coefficient (Wildman–Crippen LogP) is 2.56. The molecule has 3 aromatic heterocycles. The summed E-state index contributed by atoms with van der Waals surface area (Å²) in [5.74, 6) is 3.21. The number of nitrogens with zero attached hydrogens (tertiary/aromatic N) is 6. The maximum Gasteiger partial charge on any atom is 0.231 e. The van der Waals surface area contributed by atoms with E-state index in [1.165, 1.54) is 0 Å². The Morgan fingerprint density at radius 1 is 1.06 bits per heavy atom. The average Bonchev–Trinajstić information content (AvgIpc) is 3.25. The van der Waals surface area contributed by atoms with Gasteiger partial charge >= 0.3 is 0 Å². The highest BCUT2D eigenvalue weighted by molar-refractivity contribution is 5.56. The molecule has 1 fully saturated rings. The van der Waals surface area contributed by atoms with Gasteiger partial charge in [-0.1, -0.05) is 18.2 Å². The number of hydrogen-bond donors (Lipinski definition) is 1. The molecule has 9 nitrogen and oxygen atoms in total. The van der Waals surface area contributed by atoms with Crippen LogP contribution in [0.1, 0.15) is 24.2 Å². The van der Waals surface area contributed by atoms with Crippen molar-refractivity contribution in [3.63, 3.8) is 0 Å². The molecular weight excluding hydrogens is 406 g/mol. The Morgan fingerprint density at radius 3 is 2.72 bits per heavy atom. The number of piperidine rings is 1. The smallest absolute Gasteiger partial charge is 0.231 e. The summed E-state index contributed by atoms with van der Waals surface area (Å²) in [7, 11) is 1.59. The summed E-state index contributed by atoms with van der Waals surface area (Å²) >= 11 is 0. The van der Waals surface area contributed by atoms with Gasteiger partial charge in [0.1, 0.15) is 0 Å². The topological polar surface area (TPSA) is 99.4 Å². The third-order valence-corrected chi connectivity index (χ3v) is 5.63. The SMILES string of the molecule is COc1ccc2nnc(Cc3cccc(-c4ncc(OCC5CCNCC5)cn4)c3)n2n1. The van der Waals surface area contributed by atoms with Gasteiger partial charge in [0.05, 0.1) is 26.1 Å². The molecule has 0 amide bonds. The van der Waals surface area contributed by atoms with Crippen LogP contribution < -0.4 is 14.8 Å². The van der Waals surface area contributed by atoms with E-state index in [2.05, 4.69) is 36.6 Å². The van der Waals surface area contributed by atoms with Crippen molar-refractivity contribution in [3.05, 3.63) is 60.2 Å². The first-order valence-electron chi connectivity index (χ1n) is 10.8. The maximum atomic E-state index is 5.90. The van der Waals surface area contributed by atoms with Crippen LogP contribution in [0.4, 0.5) is 0 Å². The quantitative estimate of drug-likeness (QED) is 0.477. The summed E-state index contributed by atoms with van der Waals surface area (Å²) in [5, 5.41) is 16.3. The van der Waals surface area contributed by atoms with Gasteiger partial charge in [-0.2, -0.15) is 4.52 Å². The summed E-state index contributed by atoms with van der Waals surface area (Å²) in [5.41, 5.74) is 2.68. The number of nitrogens with one attached hydrogen (secondary N) is 1. The maximum absolute atomic E-state index is 5.90. The number of rotatable bonds is 7. The third-order valence-electron chi connectivity index (χ3n) is 5.63. The number of benzene rings is 1. The van der Waals surface area contributed by atoms with Crippen molar-refractivity contribution < 1.29 is 9.47 Å². The van der Waals surface area contributed by atoms with Crippen molar-refractivity contribution in [1.29, 1.82) is 0 Å². The zero-order valence-corrected chi connectivity index (χ0v) is 17.9. The van der Waals surface area contributed by atoms with Crippen molar-refractivity contribution in [2.75, 3.05) is 26.8 Å². The van der Waals surface area contributed by atoms with E-state index in [1.807, 2.05) is 24.3 Å². The van der Waals surface area contributed by atoms with Gasteiger partial charge in [0, 0.05) is 18.1 Å². The minimum atomic E-state index is 0.517. The summed E-state index contributed by atoms with van der Waals surface area (Å²) in [6.07, 6.45) is 6.37. The molecule has 1 N–H and O–H groups in total. The molecule has 0 radical (unpaired) electrons. The van der Waals surface area contributed by atoms with E-state index in [9.17, 15) is 0 Å². The van der Waals surface area contributed by atoms with Gasteiger partial charge in [-0.05, 0) is 49.5 Å². The van der Waals surface area contributed by atoms with Crippen LogP contribution >= 0.6 is 0 Å². The van der Waals surface area contributed by atoms with Crippen LogP contribution in [0.3, 0.4) is 0 Å². The molecule has 0 atom stereocenters. The van der Waals surface area contributed by atoms with E-state index < -0.39 is 0 Å². The average molecular weight is 432 g/mol. The first kappa shape index (κ1) is 20.3. The second kappa shape index (κ2) is 9.27. The second-order valence-corrected chi connectivity index (χ2v) is 7.89. The van der Waals surface area contributed by atoms with E-state index in [0.717, 1.165) is 42.9 Å². The van der Waals surface area contributed by atoms with Gasteiger partial charge in [-0.25, -0.2) is 9.97 Å². The molecule has 1 saturated heterocycles. The molecule has 164 valence electrons. The van der Waals surface area contributed by atoms with Gasteiger partial charge in [0.25, 0.3) is 0 Å². The van der Waals surface area contributed by atoms with Crippen molar-refractivity contribution in [2.45, 2.75) is 19.3 Å². The number of hydrogen-bond acceptors (Lipinski definition) is 8. The molecule has 9 heteroatoms. The third kappa shape index (κ3) is 4.52. The molecular formula is C23H25N7O2. The number of aromatic nitrogens is 6. The largest absolute Gasteiger partial charge is 0.490 e. The van der Waals surface area contributed by atoms with Crippen molar-refractivity contribution in [1.82, 2.24) is 35.1 Å². The Bertz CT molecular complexity index is 1190. The van der Waals surface area contributed by atoms with Crippen LogP contribution in [0.5, 0.6) is 11.6 Å². The molecule has 1 aliphatic rings. The minimum absolute atomic E-state index is 0.517. The lowest BCUT2D eigenvalue weighted by atomic mass is 9.99. The van der Waals surface area contributed by atoms with Gasteiger partial charge in [-0.3, -0.25) is 0 Å². The summed E-state index contributed by atoms with van der Waals surface area (Å²) in [6.45, 7) is 2.84. The van der Waals surface area contributed by atoms with Crippen LogP contribution in [0.2, 0.25) is 0 Å². The summed E-state index contributed by atoms with van der Waals surface area (Å²) < 4.78 is 12.8. The molecule has 0 unspecified atom stereocenters. The standard InChI is InChI=1S/C23H25N7O2/c1-31-22-6-5-20-27-28-21(30(20)29-22)12-17-3-2-4-18(11-17)23-25-13-19(14-26-23)32-15-16-7-9-24-10-8-16/h2-6,11,13-14,16,24H,7-10,12,15H2,1H3. The number of ether oxygens (including phenoxy) is 2. The molecule has 1 aromatic carbocycles. The lowest BCUT2D eigenvalue weighted by molar-refractivity contribution is 0.214. The first-order valence-corrected chi connectivity index (χ1v) is 10.8. The van der Waals surface area contributed by atoms with Crippen LogP contribution in [0, 0.1) is 5.92 Å². The van der Waals surface area contributed by atoms with E-state index in [0.29, 0.717) is 42.0 Å². The van der Waals surface area contributed by atoms with Gasteiger partial charge in [-0.15, -0.1) is 15.3 Å².